The summed E-state index contributed by atoms with van der Waals surface area (Å²) in [7, 11) is 0. The topological polar surface area (TPSA) is 49.7 Å². The SMILES string of the molecule is C=C1CCC(O)C(C)(C)C1CCC(C)=CCCC1(C)CCc2cc(O)cc(C)c2O1. The summed E-state index contributed by atoms with van der Waals surface area (Å²) < 4.78 is 6.42. The highest BCUT2D eigenvalue weighted by molar-refractivity contribution is 5.47. The van der Waals surface area contributed by atoms with Crippen molar-refractivity contribution in [3.05, 3.63) is 47.1 Å². The number of rotatable bonds is 6. The third kappa shape index (κ3) is 4.94. The van der Waals surface area contributed by atoms with Gasteiger partial charge in [0.1, 0.15) is 17.1 Å². The molecule has 0 aromatic heterocycles. The molecule has 1 saturated carbocycles. The number of aliphatic hydroxyl groups is 1. The maximum atomic E-state index is 10.4. The standard InChI is InChI=1S/C27H40O3/c1-18(9-11-23-19(2)10-12-24(29)26(23,4)5)8-7-14-27(6)15-13-21-17-22(28)16-20(3)25(21)30-27/h8,16-17,23-24,28-29H,2,7,9-15H2,1,3-6H3. The van der Waals surface area contributed by atoms with Crippen LogP contribution in [-0.2, 0) is 6.42 Å². The quantitative estimate of drug-likeness (QED) is 0.515. The summed E-state index contributed by atoms with van der Waals surface area (Å²) in [5, 5.41) is 20.3. The fraction of sp³-hybridized carbons (Fsp3) is 0.630. The van der Waals surface area contributed by atoms with Crippen LogP contribution < -0.4 is 4.74 Å². The number of ether oxygens (including phenoxy) is 1. The molecule has 3 unspecified atom stereocenters. The molecule has 3 nitrogen and oxygen atoms in total. The fourth-order valence-corrected chi connectivity index (χ4v) is 5.33. The molecular formula is C27H40O3. The predicted octanol–water partition coefficient (Wildman–Crippen LogP) is 6.64. The number of benzene rings is 1. The summed E-state index contributed by atoms with van der Waals surface area (Å²) in [5.74, 6) is 1.67. The maximum absolute atomic E-state index is 10.4. The lowest BCUT2D eigenvalue weighted by molar-refractivity contribution is -0.00881. The van der Waals surface area contributed by atoms with Gasteiger partial charge in [-0.05, 0) is 107 Å². The average molecular weight is 413 g/mol. The largest absolute Gasteiger partial charge is 0.508 e. The Kier molecular flexibility index (Phi) is 6.72. The molecule has 1 aliphatic carbocycles. The molecule has 3 heteroatoms. The number of phenolic OH excluding ortho intramolecular Hbond substituents is 1. The second-order valence-corrected chi connectivity index (χ2v) is 10.5. The molecule has 0 radical (unpaired) electrons. The van der Waals surface area contributed by atoms with Crippen LogP contribution in [0.5, 0.6) is 11.5 Å². The van der Waals surface area contributed by atoms with E-state index in [1.807, 2.05) is 13.0 Å². The Labute approximate surface area is 182 Å². The molecule has 0 saturated heterocycles. The van der Waals surface area contributed by atoms with Crippen LogP contribution in [0, 0.1) is 18.3 Å². The van der Waals surface area contributed by atoms with E-state index in [2.05, 4.69) is 40.3 Å². The number of phenols is 1. The van der Waals surface area contributed by atoms with Gasteiger partial charge < -0.3 is 14.9 Å². The summed E-state index contributed by atoms with van der Waals surface area (Å²) in [6.07, 6.45) is 9.97. The van der Waals surface area contributed by atoms with Crippen LogP contribution in [0.2, 0.25) is 0 Å². The first-order valence-corrected chi connectivity index (χ1v) is 11.5. The monoisotopic (exact) mass is 412 g/mol. The minimum absolute atomic E-state index is 0.0846. The van der Waals surface area contributed by atoms with Crippen molar-refractivity contribution in [1.82, 2.24) is 0 Å². The first-order chi connectivity index (χ1) is 14.0. The van der Waals surface area contributed by atoms with Crippen LogP contribution in [-0.4, -0.2) is 21.9 Å². The Balaban J connectivity index is 1.54. The van der Waals surface area contributed by atoms with Gasteiger partial charge in [0.15, 0.2) is 0 Å². The molecule has 1 fully saturated rings. The normalized spacial score (nSPS) is 28.7. The number of aliphatic hydroxyl groups excluding tert-OH is 1. The Hall–Kier alpha value is -1.74. The summed E-state index contributed by atoms with van der Waals surface area (Å²) in [6, 6.07) is 3.62. The molecule has 1 aromatic carbocycles. The molecule has 1 aliphatic heterocycles. The maximum Gasteiger partial charge on any atom is 0.126 e. The molecule has 0 spiro atoms. The van der Waals surface area contributed by atoms with Crippen LogP contribution in [0.4, 0.5) is 0 Å². The molecule has 0 bridgehead atoms. The highest BCUT2D eigenvalue weighted by Crippen LogP contribution is 2.46. The number of aromatic hydroxyl groups is 1. The van der Waals surface area contributed by atoms with Gasteiger partial charge in [0.05, 0.1) is 6.10 Å². The second-order valence-electron chi connectivity index (χ2n) is 10.5. The van der Waals surface area contributed by atoms with Gasteiger partial charge in [-0.15, -0.1) is 0 Å². The third-order valence-electron chi connectivity index (χ3n) is 7.59. The summed E-state index contributed by atoms with van der Waals surface area (Å²) in [5.41, 5.74) is 4.61. The van der Waals surface area contributed by atoms with Crippen LogP contribution in [0.25, 0.3) is 0 Å². The van der Waals surface area contributed by atoms with Gasteiger partial charge in [-0.2, -0.15) is 0 Å². The van der Waals surface area contributed by atoms with E-state index in [9.17, 15) is 10.2 Å². The Morgan fingerprint density at radius 2 is 2.00 bits per heavy atom. The second kappa shape index (κ2) is 8.78. The van der Waals surface area contributed by atoms with Gasteiger partial charge in [0, 0.05) is 0 Å². The number of hydrogen-bond acceptors (Lipinski definition) is 3. The number of aryl methyl sites for hydroxylation is 2. The van der Waals surface area contributed by atoms with Crippen LogP contribution in [0.1, 0.15) is 83.8 Å². The summed E-state index contributed by atoms with van der Waals surface area (Å²) in [6.45, 7) is 15.1. The molecule has 2 N–H and O–H groups in total. The highest BCUT2D eigenvalue weighted by atomic mass is 16.5. The van der Waals surface area contributed by atoms with Gasteiger partial charge in [-0.1, -0.05) is 37.6 Å². The summed E-state index contributed by atoms with van der Waals surface area (Å²) in [4.78, 5) is 0. The smallest absolute Gasteiger partial charge is 0.126 e. The van der Waals surface area contributed by atoms with E-state index in [0.29, 0.717) is 11.7 Å². The van der Waals surface area contributed by atoms with E-state index in [-0.39, 0.29) is 17.1 Å². The molecule has 1 aromatic rings. The van der Waals surface area contributed by atoms with Crippen molar-refractivity contribution in [3.8, 4) is 11.5 Å². The lowest BCUT2D eigenvalue weighted by Gasteiger charge is -2.44. The number of fused-ring (bicyclic) bond motifs is 1. The minimum atomic E-state index is -0.228. The van der Waals surface area contributed by atoms with Gasteiger partial charge in [0.25, 0.3) is 0 Å². The number of hydrogen-bond donors (Lipinski definition) is 2. The van der Waals surface area contributed by atoms with Crippen LogP contribution in [0.3, 0.4) is 0 Å². The van der Waals surface area contributed by atoms with Gasteiger partial charge in [-0.25, -0.2) is 0 Å². The Morgan fingerprint density at radius 3 is 2.73 bits per heavy atom. The molecular weight excluding hydrogens is 372 g/mol. The Bertz CT molecular complexity index is 820. The van der Waals surface area contributed by atoms with Gasteiger partial charge in [0.2, 0.25) is 0 Å². The lowest BCUT2D eigenvalue weighted by atomic mass is 9.63. The predicted molar refractivity (Wildman–Crippen MR) is 124 cm³/mol. The van der Waals surface area contributed by atoms with Crippen molar-refractivity contribution >= 4 is 0 Å². The molecule has 30 heavy (non-hydrogen) atoms. The molecule has 3 atom stereocenters. The zero-order chi connectivity index (χ0) is 22.1. The Morgan fingerprint density at radius 1 is 1.27 bits per heavy atom. The molecule has 166 valence electrons. The third-order valence-corrected chi connectivity index (χ3v) is 7.59. The zero-order valence-corrected chi connectivity index (χ0v) is 19.6. The van der Waals surface area contributed by atoms with Crippen LogP contribution >= 0.6 is 0 Å². The minimum Gasteiger partial charge on any atom is -0.508 e. The number of allylic oxidation sites excluding steroid dienone is 3. The molecule has 0 amide bonds. The molecule has 2 aliphatic rings. The fourth-order valence-electron chi connectivity index (χ4n) is 5.33. The van der Waals surface area contributed by atoms with E-state index < -0.39 is 0 Å². The lowest BCUT2D eigenvalue weighted by Crippen LogP contribution is -2.41. The van der Waals surface area contributed by atoms with Crippen LogP contribution in [0.15, 0.2) is 35.9 Å². The van der Waals surface area contributed by atoms with E-state index in [4.69, 9.17) is 4.74 Å². The van der Waals surface area contributed by atoms with Crippen molar-refractivity contribution < 1.29 is 14.9 Å². The highest BCUT2D eigenvalue weighted by Gasteiger charge is 2.40. The molecule has 1 heterocycles. The van der Waals surface area contributed by atoms with E-state index in [0.717, 1.165) is 68.2 Å². The van der Waals surface area contributed by atoms with Crippen molar-refractivity contribution in [1.29, 1.82) is 0 Å². The first-order valence-electron chi connectivity index (χ1n) is 11.5. The van der Waals surface area contributed by atoms with Gasteiger partial charge >= 0.3 is 0 Å². The van der Waals surface area contributed by atoms with E-state index in [1.54, 1.807) is 6.07 Å². The van der Waals surface area contributed by atoms with Crippen molar-refractivity contribution in [2.24, 2.45) is 11.3 Å². The first kappa shape index (κ1) is 22.9. The van der Waals surface area contributed by atoms with E-state index in [1.165, 1.54) is 11.1 Å². The van der Waals surface area contributed by atoms with Crippen molar-refractivity contribution in [3.63, 3.8) is 0 Å². The van der Waals surface area contributed by atoms with Gasteiger partial charge in [-0.3, -0.25) is 0 Å². The van der Waals surface area contributed by atoms with Crippen molar-refractivity contribution in [2.75, 3.05) is 0 Å². The van der Waals surface area contributed by atoms with E-state index >= 15 is 0 Å². The molecule has 3 rings (SSSR count). The summed E-state index contributed by atoms with van der Waals surface area (Å²) >= 11 is 0. The van der Waals surface area contributed by atoms with Crippen molar-refractivity contribution in [2.45, 2.75) is 97.7 Å². The average Bonchev–Trinajstić information content (AvgIpc) is 2.65. The zero-order valence-electron chi connectivity index (χ0n) is 19.6.